The van der Waals surface area contributed by atoms with Gasteiger partial charge in [-0.1, -0.05) is 6.08 Å². The van der Waals surface area contributed by atoms with Gasteiger partial charge in [0.2, 0.25) is 0 Å². The van der Waals surface area contributed by atoms with Gasteiger partial charge in [-0.25, -0.2) is 0 Å². The zero-order valence-electron chi connectivity index (χ0n) is 7.02. The molecule has 1 unspecified atom stereocenters. The highest BCUT2D eigenvalue weighted by atomic mass is 35.5. The lowest BCUT2D eigenvalue weighted by Gasteiger charge is -2.16. The number of aliphatic hydroxyl groups is 1. The molecule has 0 spiro atoms. The van der Waals surface area contributed by atoms with E-state index in [0.717, 1.165) is 13.1 Å². The van der Waals surface area contributed by atoms with Crippen LogP contribution >= 0.6 is 12.4 Å². The molecule has 0 aliphatic carbocycles. The Kier molecular flexibility index (Phi) is 5.76. The predicted octanol–water partition coefficient (Wildman–Crippen LogP) is 0.689. The molecule has 1 atom stereocenters. The van der Waals surface area contributed by atoms with E-state index in [4.69, 9.17) is 0 Å². The van der Waals surface area contributed by atoms with Crippen LogP contribution in [0.25, 0.3) is 0 Å². The Balaban J connectivity index is 0.00000121. The number of hydrogen-bond donors (Lipinski definition) is 1. The molecule has 0 saturated heterocycles. The van der Waals surface area contributed by atoms with Gasteiger partial charge in [-0.3, -0.25) is 4.99 Å². The minimum atomic E-state index is -0.294. The van der Waals surface area contributed by atoms with Crippen molar-refractivity contribution in [3.05, 3.63) is 12.7 Å². The normalized spacial score (nSPS) is 17.2. The fraction of sp³-hybridized carbons (Fsp3) is 0.625. The second-order valence-corrected chi connectivity index (χ2v) is 2.69. The van der Waals surface area contributed by atoms with Gasteiger partial charge in [-0.15, -0.1) is 19.0 Å². The lowest BCUT2D eigenvalue weighted by Crippen LogP contribution is -2.29. The smallest absolute Gasteiger partial charge is 0.0852 e. The summed E-state index contributed by atoms with van der Waals surface area (Å²) in [5, 5.41) is 9.34. The zero-order valence-corrected chi connectivity index (χ0v) is 7.83. The Labute approximate surface area is 79.2 Å². The minimum Gasteiger partial charge on any atom is -0.391 e. The summed E-state index contributed by atoms with van der Waals surface area (Å²) in [5.74, 6) is 0. The van der Waals surface area contributed by atoms with Crippen LogP contribution in [0.2, 0.25) is 0 Å². The number of nitrogens with zero attached hydrogens (tertiary/aromatic N) is 2. The monoisotopic (exact) mass is 190 g/mol. The van der Waals surface area contributed by atoms with E-state index < -0.39 is 0 Å². The van der Waals surface area contributed by atoms with Crippen LogP contribution in [0.1, 0.15) is 6.42 Å². The third-order valence-corrected chi connectivity index (χ3v) is 1.65. The van der Waals surface area contributed by atoms with Crippen molar-refractivity contribution in [3.8, 4) is 0 Å². The number of hydrogen-bond acceptors (Lipinski definition) is 3. The van der Waals surface area contributed by atoms with Crippen molar-refractivity contribution in [3.63, 3.8) is 0 Å². The van der Waals surface area contributed by atoms with Crippen LogP contribution in [-0.4, -0.2) is 42.1 Å². The van der Waals surface area contributed by atoms with Crippen LogP contribution in [-0.2, 0) is 0 Å². The number of aliphatic hydroxyl groups excluding tert-OH is 1. The topological polar surface area (TPSA) is 35.8 Å². The Morgan fingerprint density at radius 2 is 2.50 bits per heavy atom. The number of aliphatic imine (C=N–C) groups is 1. The summed E-state index contributed by atoms with van der Waals surface area (Å²) >= 11 is 0. The maximum absolute atomic E-state index is 9.34. The van der Waals surface area contributed by atoms with Crippen molar-refractivity contribution >= 4 is 18.7 Å². The Morgan fingerprint density at radius 3 is 3.00 bits per heavy atom. The minimum absolute atomic E-state index is 0. The van der Waals surface area contributed by atoms with Gasteiger partial charge in [0.25, 0.3) is 0 Å². The standard InChI is InChI=1S/C8H14N2O.ClH/c1-2-3-8(11)6-10-5-4-9-7-10;/h2,7-8,11H,1,3-6H2;1H. The first-order valence-corrected chi connectivity index (χ1v) is 3.86. The highest BCUT2D eigenvalue weighted by Gasteiger charge is 2.09. The molecular formula is C8H15ClN2O. The molecule has 0 aromatic rings. The summed E-state index contributed by atoms with van der Waals surface area (Å²) < 4.78 is 0. The molecule has 12 heavy (non-hydrogen) atoms. The van der Waals surface area contributed by atoms with Gasteiger partial charge in [-0.2, -0.15) is 0 Å². The first-order chi connectivity index (χ1) is 5.33. The van der Waals surface area contributed by atoms with E-state index in [1.807, 2.05) is 4.90 Å². The molecule has 3 nitrogen and oxygen atoms in total. The lowest BCUT2D eigenvalue weighted by atomic mass is 10.2. The molecule has 4 heteroatoms. The molecule has 0 amide bonds. The molecule has 1 heterocycles. The third-order valence-electron chi connectivity index (χ3n) is 1.65. The van der Waals surface area contributed by atoms with Gasteiger partial charge in [0.1, 0.15) is 0 Å². The van der Waals surface area contributed by atoms with Crippen molar-refractivity contribution in [2.45, 2.75) is 12.5 Å². The van der Waals surface area contributed by atoms with E-state index in [0.29, 0.717) is 13.0 Å². The van der Waals surface area contributed by atoms with Crippen molar-refractivity contribution in [1.29, 1.82) is 0 Å². The van der Waals surface area contributed by atoms with Crippen LogP contribution in [0.4, 0.5) is 0 Å². The molecule has 1 aliphatic heterocycles. The van der Waals surface area contributed by atoms with Crippen LogP contribution in [0.3, 0.4) is 0 Å². The fourth-order valence-corrected chi connectivity index (χ4v) is 1.09. The van der Waals surface area contributed by atoms with E-state index in [-0.39, 0.29) is 18.5 Å². The molecule has 0 fully saturated rings. The van der Waals surface area contributed by atoms with E-state index >= 15 is 0 Å². The summed E-state index contributed by atoms with van der Waals surface area (Å²) in [5.41, 5.74) is 0. The SMILES string of the molecule is C=CCC(O)CN1C=NCC1.Cl. The van der Waals surface area contributed by atoms with Gasteiger partial charge < -0.3 is 10.0 Å². The summed E-state index contributed by atoms with van der Waals surface area (Å²) in [6, 6.07) is 0. The summed E-state index contributed by atoms with van der Waals surface area (Å²) in [6.45, 7) is 6.04. The summed E-state index contributed by atoms with van der Waals surface area (Å²) in [6.07, 6.45) is 3.89. The number of halogens is 1. The average Bonchev–Trinajstić information content (AvgIpc) is 2.40. The predicted molar refractivity (Wildman–Crippen MR) is 53.0 cm³/mol. The molecular weight excluding hydrogens is 176 g/mol. The molecule has 0 radical (unpaired) electrons. The van der Waals surface area contributed by atoms with E-state index in [2.05, 4.69) is 11.6 Å². The lowest BCUT2D eigenvalue weighted by molar-refractivity contribution is 0.150. The van der Waals surface area contributed by atoms with Crippen molar-refractivity contribution in [2.75, 3.05) is 19.6 Å². The first-order valence-electron chi connectivity index (χ1n) is 3.86. The van der Waals surface area contributed by atoms with Gasteiger partial charge in [-0.05, 0) is 6.42 Å². The van der Waals surface area contributed by atoms with Crippen molar-refractivity contribution in [2.24, 2.45) is 4.99 Å². The largest absolute Gasteiger partial charge is 0.391 e. The molecule has 70 valence electrons. The van der Waals surface area contributed by atoms with E-state index in [1.54, 1.807) is 12.4 Å². The Morgan fingerprint density at radius 1 is 1.75 bits per heavy atom. The van der Waals surface area contributed by atoms with Crippen molar-refractivity contribution in [1.82, 2.24) is 4.90 Å². The zero-order chi connectivity index (χ0) is 8.10. The Bertz CT molecular complexity index is 161. The molecule has 0 aromatic heterocycles. The highest BCUT2D eigenvalue weighted by Crippen LogP contribution is 1.98. The molecule has 1 rings (SSSR count). The number of β-amino-alcohol motifs (C(OH)–C–C–N with tert-alkyl or cyclic N) is 1. The molecule has 0 bridgehead atoms. The quantitative estimate of drug-likeness (QED) is 0.663. The van der Waals surface area contributed by atoms with Gasteiger partial charge in [0, 0.05) is 13.1 Å². The summed E-state index contributed by atoms with van der Waals surface area (Å²) in [4.78, 5) is 6.06. The maximum atomic E-state index is 9.34. The van der Waals surface area contributed by atoms with Gasteiger partial charge in [0.05, 0.1) is 19.0 Å². The van der Waals surface area contributed by atoms with Gasteiger partial charge >= 0.3 is 0 Å². The fourth-order valence-electron chi connectivity index (χ4n) is 1.09. The second kappa shape index (κ2) is 6.03. The Hall–Kier alpha value is -0.540. The van der Waals surface area contributed by atoms with E-state index in [1.165, 1.54) is 0 Å². The van der Waals surface area contributed by atoms with Gasteiger partial charge in [0.15, 0.2) is 0 Å². The van der Waals surface area contributed by atoms with Crippen LogP contribution in [0.15, 0.2) is 17.6 Å². The average molecular weight is 191 g/mol. The summed E-state index contributed by atoms with van der Waals surface area (Å²) in [7, 11) is 0. The molecule has 0 aromatic carbocycles. The van der Waals surface area contributed by atoms with Crippen LogP contribution in [0.5, 0.6) is 0 Å². The highest BCUT2D eigenvalue weighted by molar-refractivity contribution is 5.85. The second-order valence-electron chi connectivity index (χ2n) is 2.69. The van der Waals surface area contributed by atoms with Crippen LogP contribution < -0.4 is 0 Å². The molecule has 0 saturated carbocycles. The first kappa shape index (κ1) is 11.5. The van der Waals surface area contributed by atoms with E-state index in [9.17, 15) is 5.11 Å². The maximum Gasteiger partial charge on any atom is 0.0852 e. The van der Waals surface area contributed by atoms with Crippen molar-refractivity contribution < 1.29 is 5.11 Å². The third kappa shape index (κ3) is 3.74. The number of rotatable bonds is 4. The molecule has 1 N–H and O–H groups in total. The van der Waals surface area contributed by atoms with Crippen LogP contribution in [0, 0.1) is 0 Å². The molecule has 1 aliphatic rings.